The van der Waals surface area contributed by atoms with Gasteiger partial charge in [-0.05, 0) is 45.7 Å². The van der Waals surface area contributed by atoms with Crippen molar-refractivity contribution in [2.75, 3.05) is 12.3 Å². The number of likely N-dealkylation sites (tertiary alicyclic amines) is 1. The van der Waals surface area contributed by atoms with Gasteiger partial charge in [-0.2, -0.15) is 0 Å². The summed E-state index contributed by atoms with van der Waals surface area (Å²) in [5.41, 5.74) is 7.37. The maximum absolute atomic E-state index is 6.15. The number of thiophene rings is 1. The van der Waals surface area contributed by atoms with Crippen LogP contribution in [0.5, 0.6) is 0 Å². The van der Waals surface area contributed by atoms with Gasteiger partial charge in [0.2, 0.25) is 0 Å². The summed E-state index contributed by atoms with van der Waals surface area (Å²) < 4.78 is 0. The first kappa shape index (κ1) is 13.8. The topological polar surface area (TPSA) is 55.0 Å². The van der Waals surface area contributed by atoms with E-state index >= 15 is 0 Å². The van der Waals surface area contributed by atoms with Crippen molar-refractivity contribution in [2.24, 2.45) is 0 Å². The molecule has 1 fully saturated rings. The van der Waals surface area contributed by atoms with Gasteiger partial charge in [-0.1, -0.05) is 6.42 Å². The highest BCUT2D eigenvalue weighted by Crippen LogP contribution is 2.32. The van der Waals surface area contributed by atoms with Gasteiger partial charge in [0, 0.05) is 10.9 Å². The van der Waals surface area contributed by atoms with Crippen LogP contribution in [0.25, 0.3) is 10.2 Å². The summed E-state index contributed by atoms with van der Waals surface area (Å²) in [5, 5.41) is 1.04. The highest BCUT2D eigenvalue weighted by atomic mass is 32.1. The SMILES string of the molecule is Cc1sc2nc(CN3CCCCC3C)nc(N)c2c1C. The van der Waals surface area contributed by atoms with Gasteiger partial charge in [-0.25, -0.2) is 9.97 Å². The highest BCUT2D eigenvalue weighted by molar-refractivity contribution is 7.18. The summed E-state index contributed by atoms with van der Waals surface area (Å²) in [6, 6.07) is 0.621. The molecule has 2 aromatic rings. The van der Waals surface area contributed by atoms with Gasteiger partial charge in [0.25, 0.3) is 0 Å². The molecule has 0 aromatic carbocycles. The molecular formula is C15H22N4S. The van der Waals surface area contributed by atoms with Crippen LogP contribution in [0.3, 0.4) is 0 Å². The molecular weight excluding hydrogens is 268 g/mol. The molecule has 0 aliphatic carbocycles. The lowest BCUT2D eigenvalue weighted by atomic mass is 10.0. The Balaban J connectivity index is 1.92. The van der Waals surface area contributed by atoms with Crippen molar-refractivity contribution in [3.8, 4) is 0 Å². The molecule has 108 valence electrons. The quantitative estimate of drug-likeness (QED) is 0.922. The Kier molecular flexibility index (Phi) is 3.65. The van der Waals surface area contributed by atoms with E-state index in [0.29, 0.717) is 11.9 Å². The predicted octanol–water partition coefficient (Wildman–Crippen LogP) is 3.26. The number of nitrogens with two attached hydrogens (primary N) is 1. The Morgan fingerprint density at radius 3 is 2.85 bits per heavy atom. The van der Waals surface area contributed by atoms with Crippen LogP contribution in [0.2, 0.25) is 0 Å². The number of rotatable bonds is 2. The van der Waals surface area contributed by atoms with Crippen molar-refractivity contribution in [1.29, 1.82) is 0 Å². The second-order valence-corrected chi connectivity index (χ2v) is 7.01. The number of nitrogens with zero attached hydrogens (tertiary/aromatic N) is 3. The average Bonchev–Trinajstić information content (AvgIpc) is 2.68. The van der Waals surface area contributed by atoms with Gasteiger partial charge in [0.1, 0.15) is 16.5 Å². The molecule has 1 aliphatic rings. The molecule has 3 heterocycles. The molecule has 0 saturated carbocycles. The average molecular weight is 290 g/mol. The zero-order chi connectivity index (χ0) is 14.3. The Bertz CT molecular complexity index is 634. The normalized spacial score (nSPS) is 20.6. The summed E-state index contributed by atoms with van der Waals surface area (Å²) >= 11 is 1.72. The zero-order valence-electron chi connectivity index (χ0n) is 12.4. The molecule has 0 amide bonds. The molecule has 4 nitrogen and oxygen atoms in total. The monoisotopic (exact) mass is 290 g/mol. The van der Waals surface area contributed by atoms with Crippen LogP contribution < -0.4 is 5.73 Å². The first-order chi connectivity index (χ1) is 9.56. The van der Waals surface area contributed by atoms with Crippen LogP contribution in [0.1, 0.15) is 42.5 Å². The third-order valence-electron chi connectivity index (χ3n) is 4.39. The van der Waals surface area contributed by atoms with Gasteiger partial charge in [0.05, 0.1) is 11.9 Å². The van der Waals surface area contributed by atoms with Crippen molar-refractivity contribution in [2.45, 2.75) is 52.6 Å². The maximum atomic E-state index is 6.15. The van der Waals surface area contributed by atoms with E-state index in [0.717, 1.165) is 29.1 Å². The van der Waals surface area contributed by atoms with E-state index in [1.54, 1.807) is 11.3 Å². The number of nitrogen functional groups attached to an aromatic ring is 1. The lowest BCUT2D eigenvalue weighted by Crippen LogP contribution is -2.37. The van der Waals surface area contributed by atoms with E-state index in [9.17, 15) is 0 Å². The van der Waals surface area contributed by atoms with Crippen LogP contribution in [0.15, 0.2) is 0 Å². The Labute approximate surface area is 124 Å². The summed E-state index contributed by atoms with van der Waals surface area (Å²) in [7, 11) is 0. The largest absolute Gasteiger partial charge is 0.383 e. The molecule has 1 atom stereocenters. The predicted molar refractivity (Wildman–Crippen MR) is 85.0 cm³/mol. The van der Waals surface area contributed by atoms with E-state index in [-0.39, 0.29) is 0 Å². The summed E-state index contributed by atoms with van der Waals surface area (Å²) in [5.74, 6) is 1.50. The molecule has 5 heteroatoms. The molecule has 0 bridgehead atoms. The smallest absolute Gasteiger partial charge is 0.146 e. The molecule has 0 spiro atoms. The van der Waals surface area contributed by atoms with Gasteiger partial charge in [-0.15, -0.1) is 11.3 Å². The third kappa shape index (κ3) is 2.40. The molecule has 2 N–H and O–H groups in total. The molecule has 1 saturated heterocycles. The molecule has 0 radical (unpaired) electrons. The number of hydrogen-bond acceptors (Lipinski definition) is 5. The Morgan fingerprint density at radius 2 is 2.10 bits per heavy atom. The standard InChI is InChI=1S/C15H22N4S/c1-9-6-4-5-7-19(9)8-12-17-14(16)13-10(2)11(3)20-15(13)18-12/h9H,4-8H2,1-3H3,(H2,16,17,18). The fourth-order valence-electron chi connectivity index (χ4n) is 2.97. The van der Waals surface area contributed by atoms with Crippen LogP contribution in [-0.2, 0) is 6.54 Å². The number of fused-ring (bicyclic) bond motifs is 1. The molecule has 20 heavy (non-hydrogen) atoms. The van der Waals surface area contributed by atoms with E-state index in [1.165, 1.54) is 29.7 Å². The summed E-state index contributed by atoms with van der Waals surface area (Å²) in [6.07, 6.45) is 3.89. The van der Waals surface area contributed by atoms with Crippen molar-refractivity contribution in [1.82, 2.24) is 14.9 Å². The fourth-order valence-corrected chi connectivity index (χ4v) is 4.03. The lowest BCUT2D eigenvalue weighted by Gasteiger charge is -2.32. The molecule has 1 aliphatic heterocycles. The van der Waals surface area contributed by atoms with Crippen LogP contribution in [0, 0.1) is 13.8 Å². The van der Waals surface area contributed by atoms with E-state index in [2.05, 4.69) is 30.7 Å². The first-order valence-electron chi connectivity index (χ1n) is 7.32. The third-order valence-corrected chi connectivity index (χ3v) is 5.49. The Hall–Kier alpha value is -1.20. The maximum Gasteiger partial charge on any atom is 0.146 e. The number of aromatic nitrogens is 2. The van der Waals surface area contributed by atoms with Gasteiger partial charge < -0.3 is 5.73 Å². The van der Waals surface area contributed by atoms with Crippen molar-refractivity contribution in [3.05, 3.63) is 16.3 Å². The van der Waals surface area contributed by atoms with E-state index in [1.807, 2.05) is 0 Å². The van der Waals surface area contributed by atoms with Crippen molar-refractivity contribution < 1.29 is 0 Å². The first-order valence-corrected chi connectivity index (χ1v) is 8.14. The van der Waals surface area contributed by atoms with Gasteiger partial charge in [-0.3, -0.25) is 4.90 Å². The molecule has 1 unspecified atom stereocenters. The Morgan fingerprint density at radius 1 is 1.30 bits per heavy atom. The molecule has 3 rings (SSSR count). The number of piperidine rings is 1. The minimum Gasteiger partial charge on any atom is -0.383 e. The number of anilines is 1. The second-order valence-electron chi connectivity index (χ2n) is 5.80. The van der Waals surface area contributed by atoms with E-state index in [4.69, 9.17) is 10.7 Å². The van der Waals surface area contributed by atoms with Crippen LogP contribution in [-0.4, -0.2) is 27.5 Å². The van der Waals surface area contributed by atoms with Crippen molar-refractivity contribution >= 4 is 27.4 Å². The fraction of sp³-hybridized carbons (Fsp3) is 0.600. The minimum absolute atomic E-state index is 0.621. The summed E-state index contributed by atoms with van der Waals surface area (Å²) in [4.78, 5) is 14.1. The minimum atomic E-state index is 0.621. The van der Waals surface area contributed by atoms with Gasteiger partial charge >= 0.3 is 0 Å². The van der Waals surface area contributed by atoms with Crippen molar-refractivity contribution in [3.63, 3.8) is 0 Å². The lowest BCUT2D eigenvalue weighted by molar-refractivity contribution is 0.149. The van der Waals surface area contributed by atoms with Crippen LogP contribution in [0.4, 0.5) is 5.82 Å². The van der Waals surface area contributed by atoms with Crippen LogP contribution >= 0.6 is 11.3 Å². The van der Waals surface area contributed by atoms with Gasteiger partial charge in [0.15, 0.2) is 0 Å². The summed E-state index contributed by atoms with van der Waals surface area (Å²) in [6.45, 7) is 8.47. The van der Waals surface area contributed by atoms with E-state index < -0.39 is 0 Å². The molecule has 2 aromatic heterocycles. The highest BCUT2D eigenvalue weighted by Gasteiger charge is 2.20. The number of hydrogen-bond donors (Lipinski definition) is 1. The zero-order valence-corrected chi connectivity index (χ0v) is 13.3. The second kappa shape index (κ2) is 5.30. The number of aryl methyl sites for hydroxylation is 2.